The molecule has 1 saturated carbocycles. The molecule has 0 bridgehead atoms. The highest BCUT2D eigenvalue weighted by Gasteiger charge is 2.59. The summed E-state index contributed by atoms with van der Waals surface area (Å²) < 4.78 is 101. The van der Waals surface area contributed by atoms with Crippen molar-refractivity contribution in [3.05, 3.63) is 65.5 Å². The zero-order chi connectivity index (χ0) is 24.2. The maximum Gasteiger partial charge on any atom is 0.501 e. The first-order chi connectivity index (χ1) is 15.3. The maximum atomic E-state index is 13.4. The van der Waals surface area contributed by atoms with Crippen molar-refractivity contribution < 1.29 is 39.6 Å². The summed E-state index contributed by atoms with van der Waals surface area (Å²) in [7, 11) is -5.50. The van der Waals surface area contributed by atoms with Gasteiger partial charge >= 0.3 is 11.7 Å². The van der Waals surface area contributed by atoms with Crippen LogP contribution in [0, 0.1) is 5.92 Å². The summed E-state index contributed by atoms with van der Waals surface area (Å²) >= 11 is 0. The fraction of sp³-hybridized carbons (Fsp3) is 0.333. The van der Waals surface area contributed by atoms with Gasteiger partial charge in [-0.3, -0.25) is 9.78 Å². The normalized spacial score (nSPS) is 22.8. The van der Waals surface area contributed by atoms with E-state index in [0.717, 1.165) is 30.3 Å². The molecule has 0 spiro atoms. The van der Waals surface area contributed by atoms with E-state index < -0.39 is 43.3 Å². The summed E-state index contributed by atoms with van der Waals surface area (Å²) in [5.41, 5.74) is -6.62. The molecule has 0 saturated heterocycles. The van der Waals surface area contributed by atoms with Crippen LogP contribution in [0.1, 0.15) is 30.5 Å². The molecule has 4 rings (SSSR count). The van der Waals surface area contributed by atoms with E-state index in [9.17, 15) is 39.6 Å². The Kier molecular flexibility index (Phi) is 5.34. The number of benzene rings is 1. The predicted molar refractivity (Wildman–Crippen MR) is 105 cm³/mol. The van der Waals surface area contributed by atoms with Gasteiger partial charge in [-0.15, -0.1) is 0 Å². The van der Waals surface area contributed by atoms with Crippen LogP contribution in [0.15, 0.2) is 59.1 Å². The molecule has 1 fully saturated rings. The minimum Gasteiger partial charge on any atom is -0.322 e. The van der Waals surface area contributed by atoms with E-state index in [1.807, 2.05) is 0 Å². The number of halogens is 6. The first kappa shape index (κ1) is 23.3. The van der Waals surface area contributed by atoms with E-state index in [1.165, 1.54) is 12.3 Å². The average molecular weight is 490 g/mol. The van der Waals surface area contributed by atoms with Crippen LogP contribution in [-0.2, 0) is 26.2 Å². The topological polar surface area (TPSA) is 76.1 Å². The minimum atomic E-state index is -5.50. The Bertz CT molecular complexity index is 1240. The van der Waals surface area contributed by atoms with Crippen LogP contribution < -0.4 is 5.32 Å². The first-order valence-electron chi connectivity index (χ1n) is 9.70. The third kappa shape index (κ3) is 4.11. The molecular formula is C21H16F6N2O3S. The number of carbonyl (C=O) groups is 1. The van der Waals surface area contributed by atoms with Crippen LogP contribution in [-0.4, -0.2) is 24.8 Å². The highest BCUT2D eigenvalue weighted by atomic mass is 32.2. The van der Waals surface area contributed by atoms with Gasteiger partial charge < -0.3 is 5.32 Å². The van der Waals surface area contributed by atoms with Gasteiger partial charge in [0, 0.05) is 22.9 Å². The van der Waals surface area contributed by atoms with Gasteiger partial charge in [0.05, 0.1) is 16.2 Å². The van der Waals surface area contributed by atoms with Crippen LogP contribution in [0.5, 0.6) is 0 Å². The molecule has 5 nitrogen and oxygen atoms in total. The molecule has 2 aromatic rings. The van der Waals surface area contributed by atoms with E-state index >= 15 is 0 Å². The highest BCUT2D eigenvalue weighted by Crippen LogP contribution is 2.62. The number of allylic oxidation sites excluding steroid dienone is 1. The van der Waals surface area contributed by atoms with Crippen molar-refractivity contribution in [2.45, 2.75) is 41.3 Å². The molecule has 176 valence electrons. The molecule has 0 radical (unpaired) electrons. The lowest BCUT2D eigenvalue weighted by Gasteiger charge is -2.24. The number of sulfone groups is 1. The fourth-order valence-corrected chi connectivity index (χ4v) is 4.98. The van der Waals surface area contributed by atoms with Gasteiger partial charge in [0.15, 0.2) is 0 Å². The first-order valence-corrected chi connectivity index (χ1v) is 11.2. The van der Waals surface area contributed by atoms with Gasteiger partial charge in [0.25, 0.3) is 15.7 Å². The van der Waals surface area contributed by atoms with Crippen molar-refractivity contribution in [2.24, 2.45) is 5.92 Å². The average Bonchev–Trinajstić information content (AvgIpc) is 3.48. The van der Waals surface area contributed by atoms with Gasteiger partial charge in [-0.2, -0.15) is 26.3 Å². The van der Waals surface area contributed by atoms with Crippen molar-refractivity contribution in [1.29, 1.82) is 0 Å². The lowest BCUT2D eigenvalue weighted by molar-refractivity contribution is -0.138. The van der Waals surface area contributed by atoms with E-state index in [2.05, 4.69) is 10.3 Å². The van der Waals surface area contributed by atoms with Gasteiger partial charge in [-0.25, -0.2) is 8.42 Å². The van der Waals surface area contributed by atoms with Crippen molar-refractivity contribution in [1.82, 2.24) is 4.98 Å². The van der Waals surface area contributed by atoms with E-state index in [4.69, 9.17) is 0 Å². The molecule has 1 amide bonds. The van der Waals surface area contributed by atoms with Crippen LogP contribution in [0.3, 0.4) is 0 Å². The second-order valence-electron chi connectivity index (χ2n) is 8.02. The number of rotatable bonds is 4. The molecule has 2 aliphatic carbocycles. The molecule has 1 heterocycles. The van der Waals surface area contributed by atoms with E-state index in [0.29, 0.717) is 12.0 Å². The number of hydrogen-bond donors (Lipinski definition) is 1. The Balaban J connectivity index is 1.48. The number of amides is 1. The monoisotopic (exact) mass is 490 g/mol. The van der Waals surface area contributed by atoms with Crippen LogP contribution in [0.2, 0.25) is 0 Å². The number of nitrogens with zero attached hydrogens (tertiary/aromatic N) is 1. The number of alkyl halides is 6. The lowest BCUT2D eigenvalue weighted by atomic mass is 9.84. The molecule has 1 N–H and O–H groups in total. The largest absolute Gasteiger partial charge is 0.501 e. The smallest absolute Gasteiger partial charge is 0.322 e. The summed E-state index contributed by atoms with van der Waals surface area (Å²) in [5.74, 6) is -0.752. The molecule has 2 unspecified atom stereocenters. The second-order valence-corrected chi connectivity index (χ2v) is 9.96. The van der Waals surface area contributed by atoms with Crippen LogP contribution >= 0.6 is 0 Å². The Labute approximate surface area is 184 Å². The molecule has 0 aliphatic heterocycles. The molecule has 2 atom stereocenters. The number of hydrogen-bond acceptors (Lipinski definition) is 4. The summed E-state index contributed by atoms with van der Waals surface area (Å²) in [6.45, 7) is 0. The van der Waals surface area contributed by atoms with E-state index in [1.54, 1.807) is 6.08 Å². The van der Waals surface area contributed by atoms with E-state index in [-0.39, 0.29) is 30.1 Å². The van der Waals surface area contributed by atoms with Gasteiger partial charge in [0.1, 0.15) is 0 Å². The molecule has 12 heteroatoms. The molecule has 1 aromatic carbocycles. The number of carbonyl (C=O) groups excluding carboxylic acids is 1. The Morgan fingerprint density at radius 1 is 1.06 bits per heavy atom. The number of aromatic nitrogens is 1. The van der Waals surface area contributed by atoms with Crippen molar-refractivity contribution >= 4 is 21.4 Å². The standard InChI is InChI=1S/C21H16F6N2O3S/c22-20(23,24)16-2-1-9-28-17(16)19-8-7-12(10-13(19)11-19)18(30)29-14-3-5-15(6-4-14)33(31,32)21(25,26)27/h1-7,9,13H,8,10-11H2,(H,29,30). The third-order valence-electron chi connectivity index (χ3n) is 6.01. The number of anilines is 1. The second kappa shape index (κ2) is 7.57. The predicted octanol–water partition coefficient (Wildman–Crippen LogP) is 5.01. The zero-order valence-corrected chi connectivity index (χ0v) is 17.5. The Morgan fingerprint density at radius 3 is 2.30 bits per heavy atom. The maximum absolute atomic E-state index is 13.4. The molecule has 2 aliphatic rings. The molecule has 33 heavy (non-hydrogen) atoms. The van der Waals surface area contributed by atoms with Gasteiger partial charge in [-0.05, 0) is 61.6 Å². The van der Waals surface area contributed by atoms with Crippen molar-refractivity contribution in [3.8, 4) is 0 Å². The number of fused-ring (bicyclic) bond motifs is 1. The summed E-state index contributed by atoms with van der Waals surface area (Å²) in [6.07, 6.45) is -0.814. The van der Waals surface area contributed by atoms with Crippen molar-refractivity contribution in [3.63, 3.8) is 0 Å². The van der Waals surface area contributed by atoms with Crippen LogP contribution in [0.25, 0.3) is 0 Å². The third-order valence-corrected chi connectivity index (χ3v) is 7.52. The number of nitrogens with one attached hydrogen (secondary N) is 1. The zero-order valence-electron chi connectivity index (χ0n) is 16.7. The molecule has 1 aromatic heterocycles. The van der Waals surface area contributed by atoms with Gasteiger partial charge in [0.2, 0.25) is 0 Å². The summed E-state index contributed by atoms with van der Waals surface area (Å²) in [5, 5.41) is 2.48. The highest BCUT2D eigenvalue weighted by molar-refractivity contribution is 7.92. The lowest BCUT2D eigenvalue weighted by Crippen LogP contribution is -2.24. The Morgan fingerprint density at radius 2 is 1.73 bits per heavy atom. The Hall–Kier alpha value is -2.89. The van der Waals surface area contributed by atoms with Gasteiger partial charge in [-0.1, -0.05) is 6.08 Å². The molecular weight excluding hydrogens is 474 g/mol. The summed E-state index contributed by atoms with van der Waals surface area (Å²) in [6, 6.07) is 5.75. The van der Waals surface area contributed by atoms with Crippen molar-refractivity contribution in [2.75, 3.05) is 5.32 Å². The fourth-order valence-electron chi connectivity index (χ4n) is 4.22. The SMILES string of the molecule is O=C(Nc1ccc(S(=O)(=O)C(F)(F)F)cc1)C1=CCC2(c3ncccc3C(F)(F)F)CC2C1. The quantitative estimate of drug-likeness (QED) is 0.612. The summed E-state index contributed by atoms with van der Waals surface area (Å²) in [4.78, 5) is 15.6. The number of pyridine rings is 1. The van der Waals surface area contributed by atoms with Crippen LogP contribution in [0.4, 0.5) is 32.0 Å². The minimum absolute atomic E-state index is 0.0281.